The molecule has 0 bridgehead atoms. The predicted octanol–water partition coefficient (Wildman–Crippen LogP) is 16.1. The number of hydrogen-bond donors (Lipinski definition) is 12. The van der Waals surface area contributed by atoms with E-state index in [2.05, 4.69) is 185 Å². The Hall–Kier alpha value is -12.6. The van der Waals surface area contributed by atoms with Crippen LogP contribution in [-0.2, 0) is 13.1 Å². The maximum Gasteiger partial charge on any atom is 0.187 e. The Kier molecular flexibility index (Phi) is 21.1. The van der Waals surface area contributed by atoms with E-state index in [1.165, 1.54) is 105 Å². The summed E-state index contributed by atoms with van der Waals surface area (Å²) in [6.45, 7) is 16.2. The van der Waals surface area contributed by atoms with Gasteiger partial charge in [-0.1, -0.05) is 84.3 Å². The van der Waals surface area contributed by atoms with Gasteiger partial charge < -0.3 is 42.5 Å². The molecule has 4 aliphatic rings. The lowest BCUT2D eigenvalue weighted by Crippen LogP contribution is -2.08. The Morgan fingerprint density at radius 2 is 0.792 bits per heavy atom. The minimum atomic E-state index is -0.218. The van der Waals surface area contributed by atoms with Crippen LogP contribution in [0, 0.1) is 38.6 Å². The molecule has 12 aromatic rings. The third kappa shape index (κ3) is 19.6. The SMILES string of the molecule is C#Cc1ccc(CNc2cc(Nc3cc(C4CC4)[nH]n3)ncn2)cc1.Cc1ccc(C(C)Nc2cc(Nc3cc(C4CC4)[nH]n3)ncn2)cc1.Cc1ccc(CNc2cc(Nc3cc(C4CC4)[nH]n3)ncn2)c(F)c1.[C-]#[N+]c1ccc(C(C)Nc2cc(Nc3cc(C4CC4)[nH]n3)ncn2)cc1. The summed E-state index contributed by atoms with van der Waals surface area (Å²) >= 11 is 0. The van der Waals surface area contributed by atoms with Crippen LogP contribution in [0.1, 0.15) is 163 Å². The van der Waals surface area contributed by atoms with Crippen LogP contribution >= 0.6 is 0 Å². The number of halogens is 1. The second-order valence-electron chi connectivity index (χ2n) is 25.6. The zero-order valence-corrected chi connectivity index (χ0v) is 56.4. The summed E-state index contributed by atoms with van der Waals surface area (Å²) in [5.41, 5.74) is 12.4. The minimum absolute atomic E-state index is 0.0596. The van der Waals surface area contributed by atoms with Crippen molar-refractivity contribution in [3.8, 4) is 12.3 Å². The van der Waals surface area contributed by atoms with Crippen molar-refractivity contribution in [1.82, 2.24) is 80.7 Å². The normalized spacial score (nSPS) is 14.1. The van der Waals surface area contributed by atoms with E-state index in [1.807, 2.05) is 97.9 Å². The molecule has 12 N–H and O–H groups in total. The quantitative estimate of drug-likeness (QED) is 0.0198. The molecule has 2 atom stereocenters. The summed E-state index contributed by atoms with van der Waals surface area (Å²) in [5.74, 6) is 13.6. The molecule has 0 saturated heterocycles. The number of rotatable bonds is 24. The number of H-pyrrole nitrogens is 4. The molecule has 8 heterocycles. The van der Waals surface area contributed by atoms with Gasteiger partial charge in [0, 0.05) is 131 Å². The van der Waals surface area contributed by atoms with Crippen LogP contribution in [-0.4, -0.2) is 80.7 Å². The van der Waals surface area contributed by atoms with Crippen LogP contribution in [0.4, 0.5) is 79.9 Å². The number of aromatic nitrogens is 16. The fraction of sp³-hybridized carbons (Fsp3) is 0.267. The standard InChI is InChI=1S/C19H19N7.C19H22N6.C19H18N6.C18H19FN6/c1-12(13-5-7-15(20-2)8-6-13)23-17-10-18(22-11-21-17)24-19-9-16(25-26-19)14-3-4-14;1-12-3-5-14(6-4-12)13(2)22-17-10-18(21-11-20-17)23-19-9-16(24-25-19)15-7-8-15;1-2-13-3-5-14(6-4-13)11-20-17-10-18(22-12-21-17)23-19-9-16(24-25-19)15-7-8-15;1-11-2-3-13(14(19)6-11)9-20-16-8-17(22-10-21-16)23-18-7-15(24-25-18)12-4-5-12/h5-12,14H,3-4H2,1H3,(H3,21,22,23,24,25,26);3-6,9-11,13,15H,7-8H2,1-2H3,(H3,20,21,22,23,24,25);1,3-6,9-10,12,15H,7-8,11H2,(H3,20,21,22,23,24,25);2-3,6-8,10,12H,4-5,9H2,1H3,(H3,20,21,22,23,24,25). The first kappa shape index (κ1) is 67.0. The van der Waals surface area contributed by atoms with Gasteiger partial charge in [-0.3, -0.25) is 20.4 Å². The number of aryl methyl sites for hydroxylation is 2. The highest BCUT2D eigenvalue weighted by molar-refractivity contribution is 5.60. The summed E-state index contributed by atoms with van der Waals surface area (Å²) < 4.78 is 13.9. The fourth-order valence-corrected chi connectivity index (χ4v) is 10.8. The van der Waals surface area contributed by atoms with Crippen LogP contribution in [0.5, 0.6) is 0 Å². The lowest BCUT2D eigenvalue weighted by Gasteiger charge is -2.15. The maximum atomic E-state index is 13.9. The van der Waals surface area contributed by atoms with Crippen molar-refractivity contribution in [3.63, 3.8) is 0 Å². The second kappa shape index (κ2) is 31.7. The van der Waals surface area contributed by atoms with Crippen molar-refractivity contribution in [3.05, 3.63) is 244 Å². The summed E-state index contributed by atoms with van der Waals surface area (Å²) in [7, 11) is 0. The van der Waals surface area contributed by atoms with Crippen molar-refractivity contribution in [2.24, 2.45) is 0 Å². The van der Waals surface area contributed by atoms with E-state index in [4.69, 9.17) is 13.0 Å². The topological polar surface area (TPSA) is 318 Å². The molecule has 0 aliphatic heterocycles. The molecule has 0 amide bonds. The van der Waals surface area contributed by atoms with Crippen molar-refractivity contribution in [1.29, 1.82) is 0 Å². The average molecular weight is 1350 g/mol. The maximum absolute atomic E-state index is 13.9. The molecule has 25 nitrogen and oxygen atoms in total. The van der Waals surface area contributed by atoms with Gasteiger partial charge in [0.2, 0.25) is 0 Å². The Balaban J connectivity index is 0.000000120. The van der Waals surface area contributed by atoms with Gasteiger partial charge in [0.25, 0.3) is 0 Å². The largest absolute Gasteiger partial charge is 0.366 e. The number of terminal acetylenes is 1. The number of benzene rings is 4. The molecule has 2 unspecified atom stereocenters. The number of nitrogens with zero attached hydrogens (tertiary/aromatic N) is 13. The van der Waals surface area contributed by atoms with Crippen LogP contribution in [0.2, 0.25) is 0 Å². The molecule has 4 fully saturated rings. The summed E-state index contributed by atoms with van der Waals surface area (Å²) in [6.07, 6.45) is 21.3. The lowest BCUT2D eigenvalue weighted by molar-refractivity contribution is 0.611. The van der Waals surface area contributed by atoms with Gasteiger partial charge in [-0.05, 0) is 120 Å². The summed E-state index contributed by atoms with van der Waals surface area (Å²) in [4.78, 5) is 37.4. The van der Waals surface area contributed by atoms with Gasteiger partial charge in [0.1, 0.15) is 77.7 Å². The van der Waals surface area contributed by atoms with Gasteiger partial charge in [-0.2, -0.15) is 20.4 Å². The monoisotopic (exact) mass is 1350 g/mol. The molecular formula is C75H78FN25. The zero-order chi connectivity index (χ0) is 69.4. The van der Waals surface area contributed by atoms with Crippen LogP contribution < -0.4 is 42.5 Å². The summed E-state index contributed by atoms with van der Waals surface area (Å²) in [6, 6.07) is 44.9. The molecule has 4 aliphatic carbocycles. The number of anilines is 12. The Bertz CT molecular complexity index is 4780. The Morgan fingerprint density at radius 3 is 1.17 bits per heavy atom. The highest BCUT2D eigenvalue weighted by atomic mass is 19.1. The minimum Gasteiger partial charge on any atom is -0.366 e. The molecule has 4 aromatic carbocycles. The van der Waals surface area contributed by atoms with E-state index in [1.54, 1.807) is 18.5 Å². The van der Waals surface area contributed by atoms with Gasteiger partial charge in [-0.25, -0.2) is 49.1 Å². The van der Waals surface area contributed by atoms with Crippen LogP contribution in [0.3, 0.4) is 0 Å². The fourth-order valence-electron chi connectivity index (χ4n) is 10.8. The molecule has 0 radical (unpaired) electrons. The predicted molar refractivity (Wildman–Crippen MR) is 392 cm³/mol. The van der Waals surface area contributed by atoms with Crippen molar-refractivity contribution >= 4 is 75.5 Å². The number of nitrogens with one attached hydrogen (secondary N) is 12. The molecule has 4 saturated carbocycles. The highest BCUT2D eigenvalue weighted by Crippen LogP contribution is 2.42. The summed E-state index contributed by atoms with van der Waals surface area (Å²) in [5, 5.41) is 55.4. The smallest absolute Gasteiger partial charge is 0.187 e. The zero-order valence-electron chi connectivity index (χ0n) is 56.4. The molecule has 8 aromatic heterocycles. The van der Waals surface area contributed by atoms with Gasteiger partial charge in [0.05, 0.1) is 6.57 Å². The molecule has 16 rings (SSSR count). The van der Waals surface area contributed by atoms with Gasteiger partial charge in [-0.15, -0.1) is 6.42 Å². The van der Waals surface area contributed by atoms with E-state index in [0.717, 1.165) is 74.5 Å². The van der Waals surface area contributed by atoms with Crippen LogP contribution in [0.25, 0.3) is 4.85 Å². The van der Waals surface area contributed by atoms with Crippen molar-refractivity contribution in [2.75, 3.05) is 42.5 Å². The van der Waals surface area contributed by atoms with Gasteiger partial charge in [0.15, 0.2) is 29.0 Å². The molecular weight excluding hydrogens is 1270 g/mol. The average Bonchev–Trinajstić information content (AvgIpc) is 1.74. The number of aromatic amines is 4. The third-order valence-corrected chi connectivity index (χ3v) is 17.2. The van der Waals surface area contributed by atoms with Gasteiger partial charge >= 0.3 is 0 Å². The van der Waals surface area contributed by atoms with E-state index >= 15 is 0 Å². The first-order valence-electron chi connectivity index (χ1n) is 33.8. The van der Waals surface area contributed by atoms with Crippen molar-refractivity contribution in [2.45, 2.75) is 128 Å². The lowest BCUT2D eigenvalue weighted by atomic mass is 10.1. The highest BCUT2D eigenvalue weighted by Gasteiger charge is 2.28. The molecule has 0 spiro atoms. The number of hydrogen-bond acceptors (Lipinski definition) is 20. The molecule has 26 heteroatoms. The van der Waals surface area contributed by atoms with E-state index in [9.17, 15) is 4.39 Å². The first-order valence-corrected chi connectivity index (χ1v) is 33.8. The van der Waals surface area contributed by atoms with E-state index < -0.39 is 0 Å². The van der Waals surface area contributed by atoms with Crippen LogP contribution in [0.15, 0.2) is 165 Å². The Labute approximate surface area is 584 Å². The molecule has 510 valence electrons. The molecule has 101 heavy (non-hydrogen) atoms. The van der Waals surface area contributed by atoms with Crippen molar-refractivity contribution < 1.29 is 4.39 Å². The van der Waals surface area contributed by atoms with E-state index in [0.29, 0.717) is 71.3 Å². The third-order valence-electron chi connectivity index (χ3n) is 17.2. The Morgan fingerprint density at radius 1 is 0.436 bits per heavy atom. The van der Waals surface area contributed by atoms with E-state index in [-0.39, 0.29) is 17.9 Å². The second-order valence-corrected chi connectivity index (χ2v) is 25.6. The first-order chi connectivity index (χ1) is 49.3.